The number of esters is 1. The topological polar surface area (TPSA) is 38.3 Å². The van der Waals surface area contributed by atoms with Crippen molar-refractivity contribution in [2.24, 2.45) is 0 Å². The summed E-state index contributed by atoms with van der Waals surface area (Å²) in [7, 11) is 0. The van der Waals surface area contributed by atoms with Gasteiger partial charge in [0.15, 0.2) is 0 Å². The molecule has 6 heteroatoms. The average molecular weight is 465 g/mol. The predicted octanol–water partition coefficient (Wildman–Crippen LogP) is 5.39. The molecule has 0 aliphatic heterocycles. The number of hydrogen-bond donors (Lipinski definition) is 1. The summed E-state index contributed by atoms with van der Waals surface area (Å²) in [6.07, 6.45) is 5.77. The van der Waals surface area contributed by atoms with E-state index >= 15 is 0 Å². The van der Waals surface area contributed by atoms with Gasteiger partial charge in [-0.15, -0.1) is 0 Å². The molecule has 1 N–H and O–H groups in total. The van der Waals surface area contributed by atoms with Crippen molar-refractivity contribution >= 4 is 28.6 Å². The van der Waals surface area contributed by atoms with Crippen LogP contribution in [0.5, 0.6) is 0 Å². The maximum Gasteiger partial charge on any atom is 0.346 e. The van der Waals surface area contributed by atoms with E-state index in [2.05, 4.69) is 48.7 Å². The molecule has 0 aromatic heterocycles. The van der Waals surface area contributed by atoms with Crippen LogP contribution in [-0.2, 0) is 4.74 Å². The van der Waals surface area contributed by atoms with E-state index < -0.39 is 17.6 Å². The summed E-state index contributed by atoms with van der Waals surface area (Å²) in [5.41, 5.74) is -0.535. The number of unbranched alkanes of at least 4 members (excludes halogenated alkanes) is 1. The van der Waals surface area contributed by atoms with E-state index in [1.807, 2.05) is 6.08 Å². The van der Waals surface area contributed by atoms with Crippen molar-refractivity contribution < 1.29 is 18.3 Å². The molecule has 0 aliphatic carbocycles. The number of benzene rings is 1. The number of nitrogens with one attached hydrogen (secondary N) is 1. The van der Waals surface area contributed by atoms with Crippen molar-refractivity contribution in [3.63, 3.8) is 0 Å². The lowest BCUT2D eigenvalue weighted by Crippen LogP contribution is -2.43. The van der Waals surface area contributed by atoms with E-state index in [1.165, 1.54) is 0 Å². The van der Waals surface area contributed by atoms with Crippen molar-refractivity contribution in [2.75, 3.05) is 11.0 Å². The molecule has 1 rings (SSSR count). The van der Waals surface area contributed by atoms with Gasteiger partial charge in [-0.1, -0.05) is 49.8 Å². The highest BCUT2D eigenvalue weighted by Gasteiger charge is 2.25. The zero-order chi connectivity index (χ0) is 18.9. The lowest BCUT2D eigenvalue weighted by Gasteiger charge is -2.30. The third-order valence-corrected chi connectivity index (χ3v) is 4.96. The number of carbonyl (C=O) groups is 1. The molecule has 0 unspecified atom stereocenters. The smallest absolute Gasteiger partial charge is 0.346 e. The third-order valence-electron chi connectivity index (χ3n) is 4.21. The Morgan fingerprint density at radius 3 is 2.48 bits per heavy atom. The van der Waals surface area contributed by atoms with Crippen LogP contribution in [-0.4, -0.2) is 22.5 Å². The van der Waals surface area contributed by atoms with Crippen LogP contribution >= 0.6 is 22.6 Å². The lowest BCUT2D eigenvalue weighted by molar-refractivity contribution is 0.0620. The molecule has 0 spiro atoms. The third kappa shape index (κ3) is 6.66. The number of rotatable bonds is 10. The van der Waals surface area contributed by atoms with Gasteiger partial charge in [-0.2, -0.15) is 0 Å². The van der Waals surface area contributed by atoms with E-state index in [1.54, 1.807) is 0 Å². The molecule has 0 heterocycles. The quantitative estimate of drug-likeness (QED) is 0.166. The maximum atomic E-state index is 13.8. The van der Waals surface area contributed by atoms with Crippen LogP contribution in [0.2, 0.25) is 0 Å². The molecule has 3 nitrogen and oxygen atoms in total. The van der Waals surface area contributed by atoms with Gasteiger partial charge in [0.05, 0.1) is 9.99 Å². The normalized spacial score (nSPS) is 12.3. The van der Waals surface area contributed by atoms with Crippen molar-refractivity contribution in [1.29, 1.82) is 0 Å². The first-order valence-corrected chi connectivity index (χ1v) is 10.1. The Morgan fingerprint density at radius 2 is 1.96 bits per heavy atom. The van der Waals surface area contributed by atoms with E-state index in [0.29, 0.717) is 16.3 Å². The number of carbonyl (C=O) groups excluding carboxylic acids is 1. The Bertz CT molecular complexity index is 601. The highest BCUT2D eigenvalue weighted by Crippen LogP contribution is 2.22. The standard InChI is InChI=1S/C19H26F2INO2/c1-4-7-10-23-19(5-2,6-3)12-15(13-22)25-18(24)16-9-8-14(20)11-17(16)21/h8-9,11-12,23H,4-7,10,13H2,1-3H3. The molecule has 0 saturated carbocycles. The first-order valence-electron chi connectivity index (χ1n) is 8.61. The van der Waals surface area contributed by atoms with Crippen LogP contribution in [0.4, 0.5) is 8.78 Å². The molecule has 140 valence electrons. The molecule has 0 aliphatic rings. The number of allylic oxidation sites excluding steroid dienone is 1. The summed E-state index contributed by atoms with van der Waals surface area (Å²) < 4.78 is 32.6. The Hall–Kier alpha value is -1.02. The Kier molecular flexibility index (Phi) is 9.56. The fourth-order valence-corrected chi connectivity index (χ4v) is 2.88. The number of halogens is 3. The van der Waals surface area contributed by atoms with Crippen LogP contribution in [0.15, 0.2) is 30.0 Å². The Labute approximate surface area is 162 Å². The second-order valence-electron chi connectivity index (χ2n) is 5.90. The van der Waals surface area contributed by atoms with Crippen molar-refractivity contribution in [1.82, 2.24) is 5.32 Å². The second-order valence-corrected chi connectivity index (χ2v) is 6.66. The SMILES string of the molecule is CCCCNC(C=C(CI)OC(=O)c1ccc(F)cc1F)(CC)CC. The highest BCUT2D eigenvalue weighted by molar-refractivity contribution is 14.1. The minimum absolute atomic E-state index is 0.267. The molecule has 0 radical (unpaired) electrons. The first kappa shape index (κ1) is 22.0. The Morgan fingerprint density at radius 1 is 1.28 bits per heavy atom. The van der Waals surface area contributed by atoms with Gasteiger partial charge in [-0.05, 0) is 44.0 Å². The zero-order valence-electron chi connectivity index (χ0n) is 15.0. The average Bonchev–Trinajstić information content (AvgIpc) is 2.60. The van der Waals surface area contributed by atoms with Crippen molar-refractivity contribution in [3.05, 3.63) is 47.2 Å². The molecule has 1 aromatic rings. The fraction of sp³-hybridized carbons (Fsp3) is 0.526. The van der Waals surface area contributed by atoms with Gasteiger partial charge in [0.1, 0.15) is 17.4 Å². The fourth-order valence-electron chi connectivity index (χ4n) is 2.50. The molecular weight excluding hydrogens is 439 g/mol. The number of hydrogen-bond acceptors (Lipinski definition) is 3. The van der Waals surface area contributed by atoms with Crippen LogP contribution in [0.1, 0.15) is 56.8 Å². The lowest BCUT2D eigenvalue weighted by atomic mass is 9.91. The zero-order valence-corrected chi connectivity index (χ0v) is 17.2. The van der Waals surface area contributed by atoms with Crippen LogP contribution < -0.4 is 5.32 Å². The van der Waals surface area contributed by atoms with Gasteiger partial charge in [0.2, 0.25) is 0 Å². The number of alkyl halides is 1. The van der Waals surface area contributed by atoms with Crippen molar-refractivity contribution in [3.8, 4) is 0 Å². The molecule has 25 heavy (non-hydrogen) atoms. The summed E-state index contributed by atoms with van der Waals surface area (Å²) in [5, 5.41) is 3.54. The predicted molar refractivity (Wildman–Crippen MR) is 105 cm³/mol. The maximum absolute atomic E-state index is 13.8. The molecular formula is C19H26F2INO2. The Balaban J connectivity index is 2.97. The van der Waals surface area contributed by atoms with E-state index in [0.717, 1.165) is 44.4 Å². The molecule has 0 amide bonds. The van der Waals surface area contributed by atoms with Gasteiger partial charge in [-0.3, -0.25) is 0 Å². The second kappa shape index (κ2) is 10.9. The minimum Gasteiger partial charge on any atom is -0.427 e. The monoisotopic (exact) mass is 465 g/mol. The summed E-state index contributed by atoms with van der Waals surface area (Å²) in [5.74, 6) is -1.98. The summed E-state index contributed by atoms with van der Waals surface area (Å²) >= 11 is 2.11. The highest BCUT2D eigenvalue weighted by atomic mass is 127. The number of ether oxygens (including phenoxy) is 1. The van der Waals surface area contributed by atoms with Gasteiger partial charge in [0.25, 0.3) is 0 Å². The summed E-state index contributed by atoms with van der Waals surface area (Å²) in [4.78, 5) is 12.2. The molecule has 0 saturated heterocycles. The molecule has 1 aromatic carbocycles. The largest absolute Gasteiger partial charge is 0.427 e. The molecule has 0 fully saturated rings. The molecule has 0 bridgehead atoms. The minimum atomic E-state index is -0.920. The van der Waals surface area contributed by atoms with E-state index in [4.69, 9.17) is 4.74 Å². The summed E-state index contributed by atoms with van der Waals surface area (Å²) in [6, 6.07) is 2.82. The van der Waals surface area contributed by atoms with Gasteiger partial charge in [-0.25, -0.2) is 13.6 Å². The van der Waals surface area contributed by atoms with Crippen molar-refractivity contribution in [2.45, 2.75) is 52.0 Å². The van der Waals surface area contributed by atoms with Crippen LogP contribution in [0, 0.1) is 11.6 Å². The van der Waals surface area contributed by atoms with E-state index in [-0.39, 0.29) is 11.1 Å². The van der Waals surface area contributed by atoms with Crippen LogP contribution in [0.3, 0.4) is 0 Å². The first-order chi connectivity index (χ1) is 11.9. The van der Waals surface area contributed by atoms with E-state index in [9.17, 15) is 13.6 Å². The summed E-state index contributed by atoms with van der Waals surface area (Å²) in [6.45, 7) is 7.16. The van der Waals surface area contributed by atoms with Crippen LogP contribution in [0.25, 0.3) is 0 Å². The van der Waals surface area contributed by atoms with Gasteiger partial charge < -0.3 is 10.1 Å². The molecule has 0 atom stereocenters. The van der Waals surface area contributed by atoms with Gasteiger partial charge in [0, 0.05) is 11.6 Å². The van der Waals surface area contributed by atoms with Gasteiger partial charge >= 0.3 is 5.97 Å².